The quantitative estimate of drug-likeness (QED) is 0.887. The molecule has 0 spiro atoms. The highest BCUT2D eigenvalue weighted by Gasteiger charge is 2.13. The fraction of sp³-hybridized carbons (Fsp3) is 0.429. The van der Waals surface area contributed by atoms with Crippen molar-refractivity contribution in [3.8, 4) is 0 Å². The number of aromatic nitrogens is 2. The van der Waals surface area contributed by atoms with E-state index in [0.717, 1.165) is 12.0 Å². The molecule has 0 saturated heterocycles. The molecule has 2 rings (SSSR count). The van der Waals surface area contributed by atoms with Gasteiger partial charge >= 0.3 is 0 Å². The lowest BCUT2D eigenvalue weighted by molar-refractivity contribution is 0.118. The molecule has 0 saturated carbocycles. The predicted octanol–water partition coefficient (Wildman–Crippen LogP) is 2.45. The Morgan fingerprint density at radius 1 is 1.35 bits per heavy atom. The van der Waals surface area contributed by atoms with Gasteiger partial charge in [0.05, 0.1) is 12.6 Å². The van der Waals surface area contributed by atoms with Gasteiger partial charge in [-0.1, -0.05) is 35.8 Å². The van der Waals surface area contributed by atoms with Gasteiger partial charge in [-0.15, -0.1) is 0 Å². The summed E-state index contributed by atoms with van der Waals surface area (Å²) >= 11 is 5.83. The molecular weight excluding hydrogens is 278 g/mol. The zero-order valence-electron chi connectivity index (χ0n) is 11.6. The summed E-state index contributed by atoms with van der Waals surface area (Å²) in [6.45, 7) is 2.96. The van der Waals surface area contributed by atoms with Crippen molar-refractivity contribution in [2.24, 2.45) is 0 Å². The Morgan fingerprint density at radius 3 is 2.65 bits per heavy atom. The number of aliphatic hydroxyl groups is 1. The second kappa shape index (κ2) is 6.83. The first-order chi connectivity index (χ1) is 9.58. The summed E-state index contributed by atoms with van der Waals surface area (Å²) < 4.78 is 5.13. The van der Waals surface area contributed by atoms with Crippen LogP contribution in [0, 0.1) is 0 Å². The molecule has 0 amide bonds. The molecule has 2 aromatic rings. The Kier molecular flexibility index (Phi) is 5.11. The highest BCUT2D eigenvalue weighted by atomic mass is 35.5. The molecule has 1 unspecified atom stereocenters. The van der Waals surface area contributed by atoms with Crippen molar-refractivity contribution in [2.75, 3.05) is 13.6 Å². The molecule has 0 aliphatic rings. The number of nitrogens with zero attached hydrogens (tertiary/aromatic N) is 3. The Hall–Kier alpha value is -1.43. The molecule has 1 aromatic heterocycles. The van der Waals surface area contributed by atoms with E-state index in [1.54, 1.807) is 12.1 Å². The monoisotopic (exact) mass is 295 g/mol. The number of likely N-dealkylation sites (N-methyl/N-ethyl adjacent to an activating group) is 1. The first kappa shape index (κ1) is 15.0. The molecule has 0 bridgehead atoms. The van der Waals surface area contributed by atoms with Crippen LogP contribution in [0.1, 0.15) is 30.3 Å². The van der Waals surface area contributed by atoms with Crippen molar-refractivity contribution >= 4 is 11.6 Å². The van der Waals surface area contributed by atoms with Gasteiger partial charge in [-0.2, -0.15) is 4.98 Å². The number of aliphatic hydroxyl groups excluding tert-OH is 1. The molecule has 1 heterocycles. The molecule has 1 atom stereocenters. The van der Waals surface area contributed by atoms with Gasteiger partial charge in [0.25, 0.3) is 0 Å². The minimum atomic E-state index is -0.578. The van der Waals surface area contributed by atoms with Gasteiger partial charge in [-0.3, -0.25) is 4.90 Å². The lowest BCUT2D eigenvalue weighted by Gasteiger charge is -2.19. The molecule has 1 aromatic carbocycles. The van der Waals surface area contributed by atoms with Crippen molar-refractivity contribution < 1.29 is 9.63 Å². The molecule has 108 valence electrons. The molecule has 0 aliphatic carbocycles. The maximum atomic E-state index is 10.2. The zero-order chi connectivity index (χ0) is 14.5. The van der Waals surface area contributed by atoms with E-state index >= 15 is 0 Å². The zero-order valence-corrected chi connectivity index (χ0v) is 12.3. The molecule has 0 radical (unpaired) electrons. The van der Waals surface area contributed by atoms with Gasteiger partial charge in [-0.05, 0) is 24.7 Å². The van der Waals surface area contributed by atoms with Gasteiger partial charge < -0.3 is 9.63 Å². The average molecular weight is 296 g/mol. The standard InChI is InChI=1S/C14H18ClN3O2/c1-3-13-16-14(20-17-13)9-18(2)8-12(19)10-4-6-11(15)7-5-10/h4-7,12,19H,3,8-9H2,1-2H3. The van der Waals surface area contributed by atoms with E-state index in [0.29, 0.717) is 29.8 Å². The van der Waals surface area contributed by atoms with Gasteiger partial charge in [-0.25, -0.2) is 0 Å². The lowest BCUT2D eigenvalue weighted by Crippen LogP contribution is -2.24. The van der Waals surface area contributed by atoms with Crippen LogP contribution < -0.4 is 0 Å². The SMILES string of the molecule is CCc1noc(CN(C)CC(O)c2ccc(Cl)cc2)n1. The molecule has 6 heteroatoms. The van der Waals surface area contributed by atoms with E-state index in [-0.39, 0.29) is 0 Å². The van der Waals surface area contributed by atoms with Crippen LogP contribution in [-0.4, -0.2) is 33.7 Å². The number of rotatable bonds is 6. The highest BCUT2D eigenvalue weighted by molar-refractivity contribution is 6.30. The second-order valence-electron chi connectivity index (χ2n) is 4.72. The molecule has 0 fully saturated rings. The van der Waals surface area contributed by atoms with Crippen LogP contribution in [0.15, 0.2) is 28.8 Å². The van der Waals surface area contributed by atoms with E-state index in [4.69, 9.17) is 16.1 Å². The summed E-state index contributed by atoms with van der Waals surface area (Å²) in [7, 11) is 1.90. The summed E-state index contributed by atoms with van der Waals surface area (Å²) in [5.41, 5.74) is 0.834. The molecule has 5 nitrogen and oxygen atoms in total. The fourth-order valence-corrected chi connectivity index (χ4v) is 2.00. The van der Waals surface area contributed by atoms with Crippen molar-refractivity contribution in [1.82, 2.24) is 15.0 Å². The number of benzene rings is 1. The minimum Gasteiger partial charge on any atom is -0.387 e. The smallest absolute Gasteiger partial charge is 0.240 e. The minimum absolute atomic E-state index is 0.478. The van der Waals surface area contributed by atoms with E-state index in [2.05, 4.69) is 10.1 Å². The number of aryl methyl sites for hydroxylation is 1. The van der Waals surface area contributed by atoms with Crippen LogP contribution >= 0.6 is 11.6 Å². The molecular formula is C14H18ClN3O2. The van der Waals surface area contributed by atoms with E-state index in [1.165, 1.54) is 0 Å². The van der Waals surface area contributed by atoms with Crippen molar-refractivity contribution in [3.05, 3.63) is 46.6 Å². The third-order valence-corrected chi connectivity index (χ3v) is 3.22. The maximum absolute atomic E-state index is 10.2. The van der Waals surface area contributed by atoms with Crippen LogP contribution in [0.2, 0.25) is 5.02 Å². The molecule has 1 N–H and O–H groups in total. The van der Waals surface area contributed by atoms with Crippen LogP contribution in [0.5, 0.6) is 0 Å². The van der Waals surface area contributed by atoms with Crippen LogP contribution in [0.25, 0.3) is 0 Å². The van der Waals surface area contributed by atoms with Crippen LogP contribution in [0.3, 0.4) is 0 Å². The topological polar surface area (TPSA) is 62.4 Å². The summed E-state index contributed by atoms with van der Waals surface area (Å²) in [4.78, 5) is 6.18. The second-order valence-corrected chi connectivity index (χ2v) is 5.16. The predicted molar refractivity (Wildman–Crippen MR) is 76.4 cm³/mol. The van der Waals surface area contributed by atoms with Crippen LogP contribution in [0.4, 0.5) is 0 Å². The largest absolute Gasteiger partial charge is 0.387 e. The Morgan fingerprint density at radius 2 is 2.05 bits per heavy atom. The summed E-state index contributed by atoms with van der Waals surface area (Å²) in [6, 6.07) is 7.18. The summed E-state index contributed by atoms with van der Waals surface area (Å²) in [5, 5.41) is 14.7. The van der Waals surface area contributed by atoms with E-state index < -0.39 is 6.10 Å². The first-order valence-electron chi connectivity index (χ1n) is 6.52. The van der Waals surface area contributed by atoms with Gasteiger partial charge in [0.15, 0.2) is 5.82 Å². The number of hydrogen-bond acceptors (Lipinski definition) is 5. The third-order valence-electron chi connectivity index (χ3n) is 2.97. The maximum Gasteiger partial charge on any atom is 0.240 e. The highest BCUT2D eigenvalue weighted by Crippen LogP contribution is 2.17. The average Bonchev–Trinajstić information content (AvgIpc) is 2.86. The van der Waals surface area contributed by atoms with Gasteiger partial charge in [0.2, 0.25) is 5.89 Å². The third kappa shape index (κ3) is 4.03. The van der Waals surface area contributed by atoms with Crippen LogP contribution in [-0.2, 0) is 13.0 Å². The van der Waals surface area contributed by atoms with Crippen molar-refractivity contribution in [2.45, 2.75) is 26.0 Å². The summed E-state index contributed by atoms with van der Waals surface area (Å²) in [6.07, 6.45) is 0.173. The van der Waals surface area contributed by atoms with Gasteiger partial charge in [0, 0.05) is 18.0 Å². The first-order valence-corrected chi connectivity index (χ1v) is 6.89. The van der Waals surface area contributed by atoms with E-state index in [1.807, 2.05) is 31.0 Å². The lowest BCUT2D eigenvalue weighted by atomic mass is 10.1. The van der Waals surface area contributed by atoms with Gasteiger partial charge in [0.1, 0.15) is 0 Å². The molecule has 0 aliphatic heterocycles. The van der Waals surface area contributed by atoms with Crippen molar-refractivity contribution in [3.63, 3.8) is 0 Å². The molecule has 20 heavy (non-hydrogen) atoms. The fourth-order valence-electron chi connectivity index (χ4n) is 1.88. The van der Waals surface area contributed by atoms with E-state index in [9.17, 15) is 5.11 Å². The number of halogens is 1. The number of hydrogen-bond donors (Lipinski definition) is 1. The Balaban J connectivity index is 1.90. The Bertz CT molecular complexity index is 542. The Labute approximate surface area is 123 Å². The summed E-state index contributed by atoms with van der Waals surface area (Å²) in [5.74, 6) is 1.26. The van der Waals surface area contributed by atoms with Crippen molar-refractivity contribution in [1.29, 1.82) is 0 Å². The normalized spacial score (nSPS) is 12.8.